The maximum Gasteiger partial charge on any atom is 0.266 e. The van der Waals surface area contributed by atoms with Crippen molar-refractivity contribution in [2.24, 2.45) is 0 Å². The minimum absolute atomic E-state index is 0.0229. The number of hydrogen-bond acceptors (Lipinski definition) is 4. The number of carbonyl (C=O) groups excluding carboxylic acids is 1. The van der Waals surface area contributed by atoms with Crippen molar-refractivity contribution in [3.05, 3.63) is 58.7 Å². The maximum absolute atomic E-state index is 12.4. The average molecular weight is 320 g/mol. The summed E-state index contributed by atoms with van der Waals surface area (Å²) in [6.07, 6.45) is 1.53. The summed E-state index contributed by atoms with van der Waals surface area (Å²) in [5, 5.41) is 12.1. The van der Waals surface area contributed by atoms with E-state index in [2.05, 4.69) is 5.32 Å². The number of ether oxygens (including phenoxy) is 2. The number of aryl methyl sites for hydroxylation is 2. The Morgan fingerprint density at radius 2 is 1.96 bits per heavy atom. The molecule has 3 rings (SSSR count). The van der Waals surface area contributed by atoms with Crippen LogP contribution in [0.4, 0.5) is 5.69 Å². The summed E-state index contributed by atoms with van der Waals surface area (Å²) >= 11 is 0. The van der Waals surface area contributed by atoms with Gasteiger partial charge in [-0.05, 0) is 54.8 Å². The van der Waals surface area contributed by atoms with Gasteiger partial charge in [0.15, 0.2) is 11.5 Å². The molecular formula is C19H16N2O3. The van der Waals surface area contributed by atoms with E-state index in [4.69, 9.17) is 9.47 Å². The van der Waals surface area contributed by atoms with Crippen LogP contribution >= 0.6 is 0 Å². The fourth-order valence-electron chi connectivity index (χ4n) is 2.38. The second kappa shape index (κ2) is 6.47. The van der Waals surface area contributed by atoms with Gasteiger partial charge in [0.05, 0.1) is 0 Å². The molecule has 0 saturated heterocycles. The van der Waals surface area contributed by atoms with E-state index in [1.165, 1.54) is 6.08 Å². The Bertz CT molecular complexity index is 879. The molecule has 0 aromatic heterocycles. The molecule has 1 aliphatic heterocycles. The van der Waals surface area contributed by atoms with Gasteiger partial charge in [-0.15, -0.1) is 0 Å². The Balaban J connectivity index is 1.84. The lowest BCUT2D eigenvalue weighted by atomic mass is 10.1. The third-order valence-electron chi connectivity index (χ3n) is 3.71. The zero-order valence-electron chi connectivity index (χ0n) is 13.4. The van der Waals surface area contributed by atoms with Crippen LogP contribution in [0.25, 0.3) is 6.08 Å². The van der Waals surface area contributed by atoms with Crippen LogP contribution in [0.15, 0.2) is 42.0 Å². The summed E-state index contributed by atoms with van der Waals surface area (Å²) in [6.45, 7) is 4.03. The highest BCUT2D eigenvalue weighted by molar-refractivity contribution is 6.10. The van der Waals surface area contributed by atoms with E-state index in [1.807, 2.05) is 38.1 Å². The molecule has 24 heavy (non-hydrogen) atoms. The first kappa shape index (κ1) is 15.6. The van der Waals surface area contributed by atoms with E-state index >= 15 is 0 Å². The number of nitriles is 1. The molecule has 5 nitrogen and oxygen atoms in total. The normalized spacial score (nSPS) is 12.6. The van der Waals surface area contributed by atoms with Crippen LogP contribution in [0, 0.1) is 25.2 Å². The summed E-state index contributed by atoms with van der Waals surface area (Å²) in [7, 11) is 0. The second-order valence-electron chi connectivity index (χ2n) is 5.56. The molecule has 1 aliphatic rings. The van der Waals surface area contributed by atoms with Crippen molar-refractivity contribution >= 4 is 17.7 Å². The van der Waals surface area contributed by atoms with E-state index in [0.717, 1.165) is 11.1 Å². The molecule has 0 saturated carbocycles. The van der Waals surface area contributed by atoms with E-state index < -0.39 is 5.91 Å². The van der Waals surface area contributed by atoms with Crippen molar-refractivity contribution in [1.29, 1.82) is 5.26 Å². The molecule has 5 heteroatoms. The first-order valence-corrected chi connectivity index (χ1v) is 7.47. The lowest BCUT2D eigenvalue weighted by molar-refractivity contribution is -0.112. The molecule has 0 aliphatic carbocycles. The van der Waals surface area contributed by atoms with Crippen molar-refractivity contribution in [3.8, 4) is 17.6 Å². The highest BCUT2D eigenvalue weighted by Gasteiger charge is 2.15. The van der Waals surface area contributed by atoms with Crippen molar-refractivity contribution in [1.82, 2.24) is 0 Å². The predicted octanol–water partition coefficient (Wildman–Crippen LogP) is 3.58. The quantitative estimate of drug-likeness (QED) is 0.693. The zero-order valence-corrected chi connectivity index (χ0v) is 13.4. The summed E-state index contributed by atoms with van der Waals surface area (Å²) in [5.74, 6) is 0.824. The molecule has 1 amide bonds. The first-order chi connectivity index (χ1) is 11.6. The van der Waals surface area contributed by atoms with Crippen molar-refractivity contribution in [2.45, 2.75) is 13.8 Å². The van der Waals surface area contributed by atoms with Crippen molar-refractivity contribution < 1.29 is 14.3 Å². The van der Waals surface area contributed by atoms with Crippen LogP contribution in [0.5, 0.6) is 11.5 Å². The maximum atomic E-state index is 12.4. The van der Waals surface area contributed by atoms with Crippen LogP contribution in [-0.4, -0.2) is 12.7 Å². The number of hydrogen-bond donors (Lipinski definition) is 1. The number of nitrogens with zero attached hydrogens (tertiary/aromatic N) is 1. The summed E-state index contributed by atoms with van der Waals surface area (Å²) in [5.41, 5.74) is 3.40. The number of fused-ring (bicyclic) bond motifs is 1. The molecule has 0 bridgehead atoms. The number of rotatable bonds is 3. The van der Waals surface area contributed by atoms with Crippen molar-refractivity contribution in [2.75, 3.05) is 12.1 Å². The van der Waals surface area contributed by atoms with Gasteiger partial charge in [0, 0.05) is 5.69 Å². The number of anilines is 1. The first-order valence-electron chi connectivity index (χ1n) is 7.47. The summed E-state index contributed by atoms with van der Waals surface area (Å²) in [6, 6.07) is 13.0. The van der Waals surface area contributed by atoms with Crippen LogP contribution < -0.4 is 14.8 Å². The molecule has 0 unspecified atom stereocenters. The van der Waals surface area contributed by atoms with Crippen LogP contribution in [0.2, 0.25) is 0 Å². The van der Waals surface area contributed by atoms with Crippen LogP contribution in [0.1, 0.15) is 16.7 Å². The molecule has 0 fully saturated rings. The van der Waals surface area contributed by atoms with Crippen molar-refractivity contribution in [3.63, 3.8) is 0 Å². The molecule has 1 N–H and O–H groups in total. The van der Waals surface area contributed by atoms with Gasteiger partial charge in [0.1, 0.15) is 11.6 Å². The lowest BCUT2D eigenvalue weighted by Gasteiger charge is -2.09. The van der Waals surface area contributed by atoms with Crippen LogP contribution in [-0.2, 0) is 4.79 Å². The van der Waals surface area contributed by atoms with Gasteiger partial charge in [-0.2, -0.15) is 5.26 Å². The Morgan fingerprint density at radius 3 is 2.75 bits per heavy atom. The Morgan fingerprint density at radius 1 is 1.17 bits per heavy atom. The molecule has 0 radical (unpaired) electrons. The number of nitrogens with one attached hydrogen (secondary N) is 1. The Kier molecular flexibility index (Phi) is 4.21. The van der Waals surface area contributed by atoms with Gasteiger partial charge < -0.3 is 14.8 Å². The molecule has 2 aromatic carbocycles. The molecule has 0 atom stereocenters. The van der Waals surface area contributed by atoms with Crippen LogP contribution in [0.3, 0.4) is 0 Å². The van der Waals surface area contributed by atoms with Gasteiger partial charge >= 0.3 is 0 Å². The van der Waals surface area contributed by atoms with E-state index in [-0.39, 0.29) is 12.4 Å². The van der Waals surface area contributed by atoms with Gasteiger partial charge in [0.25, 0.3) is 5.91 Å². The summed E-state index contributed by atoms with van der Waals surface area (Å²) < 4.78 is 10.6. The minimum atomic E-state index is -0.441. The smallest absolute Gasteiger partial charge is 0.266 e. The topological polar surface area (TPSA) is 71.4 Å². The SMILES string of the molecule is Cc1ccc(C)c(NC(=O)/C(C#N)=C\c2ccc3c(c2)OCO3)c1. The van der Waals surface area contributed by atoms with E-state index in [0.29, 0.717) is 22.7 Å². The number of amides is 1. The molecule has 120 valence electrons. The highest BCUT2D eigenvalue weighted by Crippen LogP contribution is 2.33. The lowest BCUT2D eigenvalue weighted by Crippen LogP contribution is -2.14. The Hall–Kier alpha value is -3.26. The monoisotopic (exact) mass is 320 g/mol. The molecular weight excluding hydrogens is 304 g/mol. The van der Waals surface area contributed by atoms with E-state index in [9.17, 15) is 10.1 Å². The molecule has 0 spiro atoms. The third-order valence-corrected chi connectivity index (χ3v) is 3.71. The standard InChI is InChI=1S/C19H16N2O3/c1-12-3-4-13(2)16(7-12)21-19(22)15(10-20)8-14-5-6-17-18(9-14)24-11-23-17/h3-9H,11H2,1-2H3,(H,21,22)/b15-8-. The van der Waals surface area contributed by atoms with Gasteiger partial charge in [-0.1, -0.05) is 18.2 Å². The fraction of sp³-hybridized carbons (Fsp3) is 0.158. The highest BCUT2D eigenvalue weighted by atomic mass is 16.7. The van der Waals surface area contributed by atoms with E-state index in [1.54, 1.807) is 18.2 Å². The second-order valence-corrected chi connectivity index (χ2v) is 5.56. The summed E-state index contributed by atoms with van der Waals surface area (Å²) in [4.78, 5) is 12.4. The van der Waals surface area contributed by atoms with Gasteiger partial charge in [0.2, 0.25) is 6.79 Å². The van der Waals surface area contributed by atoms with Gasteiger partial charge in [-0.3, -0.25) is 4.79 Å². The molecule has 1 heterocycles. The minimum Gasteiger partial charge on any atom is -0.454 e. The van der Waals surface area contributed by atoms with Gasteiger partial charge in [-0.25, -0.2) is 0 Å². The fourth-order valence-corrected chi connectivity index (χ4v) is 2.38. The number of carbonyl (C=O) groups is 1. The average Bonchev–Trinajstić information content (AvgIpc) is 3.03. The predicted molar refractivity (Wildman–Crippen MR) is 90.7 cm³/mol. The number of benzene rings is 2. The Labute approximate surface area is 140 Å². The third kappa shape index (κ3) is 3.23. The zero-order chi connectivity index (χ0) is 17.1. The molecule has 2 aromatic rings. The largest absolute Gasteiger partial charge is 0.454 e.